The molecule has 1 heterocycles. The number of likely N-dealkylation sites (N-methyl/N-ethyl adjacent to an activating group) is 1. The molecule has 2 aromatic carbocycles. The fourth-order valence-corrected chi connectivity index (χ4v) is 6.48. The second-order valence-electron chi connectivity index (χ2n) is 10.9. The minimum atomic E-state index is -0.499. The Bertz CT molecular complexity index is 1180. The number of carbonyl (C=O) groups is 1. The maximum Gasteiger partial charge on any atom is 0.322 e. The highest BCUT2D eigenvalue weighted by Crippen LogP contribution is 2.62. The number of anilines is 1. The molecule has 0 radical (unpaired) electrons. The lowest BCUT2D eigenvalue weighted by Crippen LogP contribution is -2.48. The Morgan fingerprint density at radius 2 is 2.05 bits per heavy atom. The maximum atomic E-state index is 13.6. The molecular weight excluding hydrogens is 489 g/mol. The number of hydrogen-bond acceptors (Lipinski definition) is 4. The van der Waals surface area contributed by atoms with E-state index in [1.165, 1.54) is 17.7 Å². The quantitative estimate of drug-likeness (QED) is 0.532. The predicted octanol–water partition coefficient (Wildman–Crippen LogP) is 5.33. The highest BCUT2D eigenvalue weighted by atomic mass is 35.5. The number of nitrogens with one attached hydrogen (secondary N) is 1. The van der Waals surface area contributed by atoms with E-state index in [1.54, 1.807) is 6.07 Å². The lowest BCUT2D eigenvalue weighted by atomic mass is 9.80. The first-order valence-electron chi connectivity index (χ1n) is 13.3. The summed E-state index contributed by atoms with van der Waals surface area (Å²) in [6.45, 7) is 5.94. The van der Waals surface area contributed by atoms with E-state index >= 15 is 0 Å². The molecule has 3 atom stereocenters. The molecule has 1 N–H and O–H groups in total. The number of piperazine rings is 1. The molecule has 1 aliphatic heterocycles. The predicted molar refractivity (Wildman–Crippen MR) is 144 cm³/mol. The zero-order valence-corrected chi connectivity index (χ0v) is 22.2. The summed E-state index contributed by atoms with van der Waals surface area (Å²) >= 11 is 5.96. The second kappa shape index (κ2) is 11.0. The van der Waals surface area contributed by atoms with E-state index in [9.17, 15) is 14.4 Å². The standard InChI is InChI=1S/C29H35ClFN5O/c1-34-12-14-35(15-13-34)10-3-11-36(28(37)33-24-6-7-27(31)26(30)18-24)25-8-9-29(19-23(29)17-25)22-5-2-4-21(16-22)20-32/h2,4-7,16,18,23,25H,3,8-15,17,19H2,1H3,(H,33,37)/t23?,25-,29-/m0/s1. The number of carbonyl (C=O) groups excluding carboxylic acids is 1. The van der Waals surface area contributed by atoms with Gasteiger partial charge in [0.25, 0.3) is 0 Å². The molecule has 0 bridgehead atoms. The van der Waals surface area contributed by atoms with Gasteiger partial charge >= 0.3 is 6.03 Å². The Balaban J connectivity index is 1.26. The minimum absolute atomic E-state index is 0.000513. The summed E-state index contributed by atoms with van der Waals surface area (Å²) in [6.07, 6.45) is 4.94. The van der Waals surface area contributed by atoms with Gasteiger partial charge < -0.3 is 20.0 Å². The van der Waals surface area contributed by atoms with Crippen LogP contribution in [-0.4, -0.2) is 73.1 Å². The zero-order valence-electron chi connectivity index (χ0n) is 21.4. The van der Waals surface area contributed by atoms with E-state index < -0.39 is 5.82 Å². The summed E-state index contributed by atoms with van der Waals surface area (Å²) in [5.41, 5.74) is 2.63. The number of nitriles is 1. The Morgan fingerprint density at radius 1 is 1.24 bits per heavy atom. The van der Waals surface area contributed by atoms with E-state index in [0.29, 0.717) is 23.7 Å². The molecule has 1 unspecified atom stereocenters. The Hall–Kier alpha value is -2.66. The van der Waals surface area contributed by atoms with Crippen LogP contribution in [-0.2, 0) is 5.41 Å². The monoisotopic (exact) mass is 523 g/mol. The van der Waals surface area contributed by atoms with Crippen molar-refractivity contribution in [2.45, 2.75) is 43.6 Å². The van der Waals surface area contributed by atoms with Crippen LogP contribution in [0.2, 0.25) is 5.02 Å². The molecule has 2 saturated carbocycles. The molecule has 2 aromatic rings. The molecule has 196 valence electrons. The number of rotatable bonds is 7. The topological polar surface area (TPSA) is 62.6 Å². The van der Waals surface area contributed by atoms with Crippen molar-refractivity contribution in [3.63, 3.8) is 0 Å². The number of benzene rings is 2. The normalized spacial score (nSPS) is 25.7. The Morgan fingerprint density at radius 3 is 2.78 bits per heavy atom. The molecule has 0 aromatic heterocycles. The van der Waals surface area contributed by atoms with Crippen molar-refractivity contribution in [3.05, 3.63) is 64.4 Å². The van der Waals surface area contributed by atoms with Gasteiger partial charge in [-0.2, -0.15) is 5.26 Å². The molecular formula is C29H35ClFN5O. The first-order valence-corrected chi connectivity index (χ1v) is 13.7. The van der Waals surface area contributed by atoms with Crippen LogP contribution in [0, 0.1) is 23.1 Å². The van der Waals surface area contributed by atoms with Gasteiger partial charge in [0.1, 0.15) is 5.82 Å². The summed E-state index contributed by atoms with van der Waals surface area (Å²) in [4.78, 5) is 20.3. The molecule has 2 amide bonds. The van der Waals surface area contributed by atoms with Crippen molar-refractivity contribution in [2.24, 2.45) is 5.92 Å². The van der Waals surface area contributed by atoms with Crippen molar-refractivity contribution >= 4 is 23.3 Å². The Kier molecular flexibility index (Phi) is 7.71. The third kappa shape index (κ3) is 5.77. The molecule has 37 heavy (non-hydrogen) atoms. The highest BCUT2D eigenvalue weighted by Gasteiger charge is 2.58. The molecule has 3 aliphatic rings. The van der Waals surface area contributed by atoms with Gasteiger partial charge in [-0.05, 0) is 92.9 Å². The molecule has 6 nitrogen and oxygen atoms in total. The van der Waals surface area contributed by atoms with Crippen LogP contribution in [0.5, 0.6) is 0 Å². The number of halogens is 2. The van der Waals surface area contributed by atoms with Gasteiger partial charge in [-0.15, -0.1) is 0 Å². The molecule has 3 fully saturated rings. The van der Waals surface area contributed by atoms with Crippen LogP contribution in [0.3, 0.4) is 0 Å². The fraction of sp³-hybridized carbons (Fsp3) is 0.517. The van der Waals surface area contributed by atoms with Crippen molar-refractivity contribution in [1.29, 1.82) is 5.26 Å². The van der Waals surface area contributed by atoms with Gasteiger partial charge in [0.15, 0.2) is 0 Å². The number of amides is 2. The van der Waals surface area contributed by atoms with Gasteiger partial charge in [-0.1, -0.05) is 23.7 Å². The second-order valence-corrected chi connectivity index (χ2v) is 11.3. The van der Waals surface area contributed by atoms with Gasteiger partial charge in [-0.25, -0.2) is 9.18 Å². The summed E-state index contributed by atoms with van der Waals surface area (Å²) in [7, 11) is 2.16. The van der Waals surface area contributed by atoms with Crippen LogP contribution in [0.15, 0.2) is 42.5 Å². The number of hydrogen-bond donors (Lipinski definition) is 1. The molecule has 1 saturated heterocycles. The highest BCUT2D eigenvalue weighted by molar-refractivity contribution is 6.31. The fourth-order valence-electron chi connectivity index (χ4n) is 6.30. The van der Waals surface area contributed by atoms with Crippen molar-refractivity contribution in [2.75, 3.05) is 51.6 Å². The van der Waals surface area contributed by atoms with Gasteiger partial charge in [0.05, 0.1) is 16.7 Å². The van der Waals surface area contributed by atoms with Crippen molar-refractivity contribution < 1.29 is 9.18 Å². The third-order valence-electron chi connectivity index (χ3n) is 8.62. The lowest BCUT2D eigenvalue weighted by molar-refractivity contribution is 0.134. The van der Waals surface area contributed by atoms with Crippen molar-refractivity contribution in [3.8, 4) is 6.07 Å². The van der Waals surface area contributed by atoms with Crippen LogP contribution in [0.1, 0.15) is 43.2 Å². The van der Waals surface area contributed by atoms with Gasteiger partial charge in [0, 0.05) is 44.5 Å². The third-order valence-corrected chi connectivity index (χ3v) is 8.91. The summed E-state index contributed by atoms with van der Waals surface area (Å²) in [5, 5.41) is 12.3. The summed E-state index contributed by atoms with van der Waals surface area (Å²) < 4.78 is 13.6. The molecule has 2 aliphatic carbocycles. The molecule has 8 heteroatoms. The van der Waals surface area contributed by atoms with E-state index in [2.05, 4.69) is 34.3 Å². The van der Waals surface area contributed by atoms with Gasteiger partial charge in [0.2, 0.25) is 0 Å². The maximum absolute atomic E-state index is 13.6. The average molecular weight is 524 g/mol. The number of nitrogens with zero attached hydrogens (tertiary/aromatic N) is 4. The minimum Gasteiger partial charge on any atom is -0.321 e. The summed E-state index contributed by atoms with van der Waals surface area (Å²) in [5.74, 6) is 0.0231. The molecule has 5 rings (SSSR count). The van der Waals surface area contributed by atoms with Crippen LogP contribution in [0.4, 0.5) is 14.9 Å². The first kappa shape index (κ1) is 26.0. The lowest BCUT2D eigenvalue weighted by Gasteiger charge is -2.38. The van der Waals surface area contributed by atoms with E-state index in [-0.39, 0.29) is 22.5 Å². The summed E-state index contributed by atoms with van der Waals surface area (Å²) in [6, 6.07) is 14.6. The first-order chi connectivity index (χ1) is 17.9. The average Bonchev–Trinajstić information content (AvgIpc) is 3.65. The molecule has 0 spiro atoms. The largest absolute Gasteiger partial charge is 0.322 e. The van der Waals surface area contributed by atoms with Crippen LogP contribution < -0.4 is 5.32 Å². The van der Waals surface area contributed by atoms with E-state index in [0.717, 1.165) is 64.8 Å². The van der Waals surface area contributed by atoms with Crippen molar-refractivity contribution in [1.82, 2.24) is 14.7 Å². The van der Waals surface area contributed by atoms with Crippen LogP contribution >= 0.6 is 11.6 Å². The van der Waals surface area contributed by atoms with Gasteiger partial charge in [-0.3, -0.25) is 0 Å². The SMILES string of the molecule is CN1CCN(CCCN(C(=O)Nc2ccc(F)c(Cl)c2)[C@H]2CC[C@@]3(c4cccc(C#N)c4)CC3C2)CC1. The smallest absolute Gasteiger partial charge is 0.321 e. The zero-order chi connectivity index (χ0) is 26.0. The van der Waals surface area contributed by atoms with E-state index in [4.69, 9.17) is 11.6 Å². The Labute approximate surface area is 224 Å². The number of fused-ring (bicyclic) bond motifs is 1. The van der Waals surface area contributed by atoms with E-state index in [1.807, 2.05) is 23.1 Å². The number of urea groups is 1. The van der Waals surface area contributed by atoms with Crippen LogP contribution in [0.25, 0.3) is 0 Å².